The number of amides is 2. The first-order valence-electron chi connectivity index (χ1n) is 9.49. The Morgan fingerprint density at radius 3 is 2.29 bits per heavy atom. The summed E-state index contributed by atoms with van der Waals surface area (Å²) >= 11 is 0. The van der Waals surface area contributed by atoms with E-state index in [0.29, 0.717) is 44.0 Å². The van der Waals surface area contributed by atoms with E-state index >= 15 is 0 Å². The van der Waals surface area contributed by atoms with E-state index < -0.39 is 0 Å². The highest BCUT2D eigenvalue weighted by Gasteiger charge is 2.23. The average Bonchev–Trinajstić information content (AvgIpc) is 2.71. The van der Waals surface area contributed by atoms with Crippen molar-refractivity contribution >= 4 is 17.5 Å². The van der Waals surface area contributed by atoms with Crippen molar-refractivity contribution in [2.24, 2.45) is 0 Å². The largest absolute Gasteiger partial charge is 0.497 e. The second-order valence-electron chi connectivity index (χ2n) is 7.12. The van der Waals surface area contributed by atoms with Gasteiger partial charge in [0.05, 0.1) is 13.7 Å². The van der Waals surface area contributed by atoms with Gasteiger partial charge in [0.1, 0.15) is 5.75 Å². The minimum absolute atomic E-state index is 0.00135. The monoisotopic (exact) mass is 381 g/mol. The standard InChI is InChI=1S/C22H27N3O3/c1-16-6-4-7-17(2)21(16)23-20(26)15-24-10-12-25(13-11-24)22(27)18-8-5-9-19(14-18)28-3/h4-9,14H,10-13,15H2,1-3H3,(H,23,26). The fraction of sp³-hybridized carbons (Fsp3) is 0.364. The van der Waals surface area contributed by atoms with Crippen LogP contribution in [-0.2, 0) is 4.79 Å². The van der Waals surface area contributed by atoms with Gasteiger partial charge in [0.2, 0.25) is 5.91 Å². The maximum Gasteiger partial charge on any atom is 0.254 e. The van der Waals surface area contributed by atoms with Crippen molar-refractivity contribution in [3.8, 4) is 5.75 Å². The second-order valence-corrected chi connectivity index (χ2v) is 7.12. The summed E-state index contributed by atoms with van der Waals surface area (Å²) < 4.78 is 5.20. The number of hydrogen-bond donors (Lipinski definition) is 1. The van der Waals surface area contributed by atoms with Crippen LogP contribution in [-0.4, -0.2) is 61.4 Å². The Hall–Kier alpha value is -2.86. The number of hydrogen-bond acceptors (Lipinski definition) is 4. The van der Waals surface area contributed by atoms with Crippen molar-refractivity contribution in [1.82, 2.24) is 9.80 Å². The van der Waals surface area contributed by atoms with Gasteiger partial charge in [0.15, 0.2) is 0 Å². The van der Waals surface area contributed by atoms with E-state index in [-0.39, 0.29) is 11.8 Å². The molecule has 1 fully saturated rings. The van der Waals surface area contributed by atoms with Gasteiger partial charge in [0, 0.05) is 37.4 Å². The van der Waals surface area contributed by atoms with Gasteiger partial charge in [-0.1, -0.05) is 24.3 Å². The lowest BCUT2D eigenvalue weighted by atomic mass is 10.1. The van der Waals surface area contributed by atoms with Gasteiger partial charge in [-0.25, -0.2) is 0 Å². The number of benzene rings is 2. The molecule has 0 radical (unpaired) electrons. The number of anilines is 1. The molecule has 1 aliphatic rings. The van der Waals surface area contributed by atoms with Gasteiger partial charge in [-0.2, -0.15) is 0 Å². The molecule has 0 bridgehead atoms. The van der Waals surface area contributed by atoms with Crippen LogP contribution in [0.4, 0.5) is 5.69 Å². The lowest BCUT2D eigenvalue weighted by molar-refractivity contribution is -0.117. The zero-order chi connectivity index (χ0) is 20.1. The van der Waals surface area contributed by atoms with Crippen LogP contribution in [0.5, 0.6) is 5.75 Å². The molecule has 148 valence electrons. The summed E-state index contributed by atoms with van der Waals surface area (Å²) in [5.74, 6) is 0.649. The van der Waals surface area contributed by atoms with Crippen LogP contribution in [0.3, 0.4) is 0 Å². The first kappa shape index (κ1) is 19.9. The molecule has 0 unspecified atom stereocenters. The summed E-state index contributed by atoms with van der Waals surface area (Å²) in [7, 11) is 1.59. The summed E-state index contributed by atoms with van der Waals surface area (Å²) in [6.07, 6.45) is 0. The SMILES string of the molecule is COc1cccc(C(=O)N2CCN(CC(=O)Nc3c(C)cccc3C)CC2)c1. The first-order chi connectivity index (χ1) is 13.5. The molecule has 0 aromatic heterocycles. The number of methoxy groups -OCH3 is 1. The van der Waals surface area contributed by atoms with Crippen LogP contribution in [0.2, 0.25) is 0 Å². The Labute approximate surface area is 166 Å². The zero-order valence-electron chi connectivity index (χ0n) is 16.7. The van der Waals surface area contributed by atoms with Gasteiger partial charge in [-0.05, 0) is 43.2 Å². The van der Waals surface area contributed by atoms with E-state index in [4.69, 9.17) is 4.74 Å². The Kier molecular flexibility index (Phi) is 6.31. The van der Waals surface area contributed by atoms with E-state index in [1.807, 2.05) is 49.1 Å². The highest BCUT2D eigenvalue weighted by Crippen LogP contribution is 2.19. The molecule has 0 spiro atoms. The molecule has 2 aromatic rings. The molecule has 28 heavy (non-hydrogen) atoms. The Balaban J connectivity index is 1.52. The highest BCUT2D eigenvalue weighted by molar-refractivity contribution is 5.95. The van der Waals surface area contributed by atoms with Gasteiger partial charge in [-0.3, -0.25) is 14.5 Å². The van der Waals surface area contributed by atoms with Crippen molar-refractivity contribution in [3.05, 3.63) is 59.2 Å². The topological polar surface area (TPSA) is 61.9 Å². The van der Waals surface area contributed by atoms with Gasteiger partial charge in [0.25, 0.3) is 5.91 Å². The van der Waals surface area contributed by atoms with Crippen molar-refractivity contribution in [2.45, 2.75) is 13.8 Å². The van der Waals surface area contributed by atoms with Crippen LogP contribution in [0.15, 0.2) is 42.5 Å². The van der Waals surface area contributed by atoms with E-state index in [1.54, 1.807) is 19.2 Å². The normalized spacial score (nSPS) is 14.6. The van der Waals surface area contributed by atoms with Gasteiger partial charge in [-0.15, -0.1) is 0 Å². The maximum absolute atomic E-state index is 12.7. The lowest BCUT2D eigenvalue weighted by Crippen LogP contribution is -2.50. The molecule has 3 rings (SSSR count). The van der Waals surface area contributed by atoms with Crippen LogP contribution in [0.1, 0.15) is 21.5 Å². The molecule has 6 nitrogen and oxygen atoms in total. The number of aryl methyl sites for hydroxylation is 2. The van der Waals surface area contributed by atoms with Crippen molar-refractivity contribution in [2.75, 3.05) is 45.2 Å². The third kappa shape index (κ3) is 4.70. The quantitative estimate of drug-likeness (QED) is 0.865. The van der Waals surface area contributed by atoms with E-state index in [2.05, 4.69) is 10.2 Å². The number of carbonyl (C=O) groups excluding carboxylic acids is 2. The van der Waals surface area contributed by atoms with E-state index in [0.717, 1.165) is 16.8 Å². The van der Waals surface area contributed by atoms with Crippen molar-refractivity contribution < 1.29 is 14.3 Å². The van der Waals surface area contributed by atoms with E-state index in [1.165, 1.54) is 0 Å². The van der Waals surface area contributed by atoms with Crippen LogP contribution in [0.25, 0.3) is 0 Å². The summed E-state index contributed by atoms with van der Waals surface area (Å²) in [6.45, 7) is 6.87. The first-order valence-corrected chi connectivity index (χ1v) is 9.49. The Morgan fingerprint density at radius 1 is 1.00 bits per heavy atom. The third-order valence-electron chi connectivity index (χ3n) is 5.09. The number of nitrogens with zero attached hydrogens (tertiary/aromatic N) is 2. The number of ether oxygens (including phenoxy) is 1. The molecule has 2 aromatic carbocycles. The molecular formula is C22H27N3O3. The molecule has 6 heteroatoms. The predicted molar refractivity (Wildman–Crippen MR) is 110 cm³/mol. The number of rotatable bonds is 5. The van der Waals surface area contributed by atoms with Gasteiger partial charge >= 0.3 is 0 Å². The fourth-order valence-electron chi connectivity index (χ4n) is 3.44. The maximum atomic E-state index is 12.7. The molecule has 1 saturated heterocycles. The van der Waals surface area contributed by atoms with Crippen LogP contribution < -0.4 is 10.1 Å². The van der Waals surface area contributed by atoms with Crippen LogP contribution >= 0.6 is 0 Å². The summed E-state index contributed by atoms with van der Waals surface area (Å²) in [5, 5.41) is 3.02. The Morgan fingerprint density at radius 2 is 1.64 bits per heavy atom. The third-order valence-corrected chi connectivity index (χ3v) is 5.09. The minimum Gasteiger partial charge on any atom is -0.497 e. The van der Waals surface area contributed by atoms with Gasteiger partial charge < -0.3 is 15.0 Å². The van der Waals surface area contributed by atoms with E-state index in [9.17, 15) is 9.59 Å². The predicted octanol–water partition coefficient (Wildman–Crippen LogP) is 2.71. The molecule has 1 N–H and O–H groups in total. The molecular weight excluding hydrogens is 354 g/mol. The smallest absolute Gasteiger partial charge is 0.254 e. The minimum atomic E-state index is -0.0232. The van der Waals surface area contributed by atoms with Crippen LogP contribution in [0, 0.1) is 13.8 Å². The second kappa shape index (κ2) is 8.89. The average molecular weight is 381 g/mol. The van der Waals surface area contributed by atoms with Crippen molar-refractivity contribution in [3.63, 3.8) is 0 Å². The molecule has 1 heterocycles. The molecule has 0 aliphatic carbocycles. The fourth-order valence-corrected chi connectivity index (χ4v) is 3.44. The molecule has 0 atom stereocenters. The zero-order valence-corrected chi connectivity index (χ0v) is 16.7. The summed E-state index contributed by atoms with van der Waals surface area (Å²) in [4.78, 5) is 29.0. The summed E-state index contributed by atoms with van der Waals surface area (Å²) in [5.41, 5.74) is 3.63. The number of para-hydroxylation sites is 1. The lowest BCUT2D eigenvalue weighted by Gasteiger charge is -2.34. The molecule has 2 amide bonds. The van der Waals surface area contributed by atoms with Crippen molar-refractivity contribution in [1.29, 1.82) is 0 Å². The number of carbonyl (C=O) groups is 2. The molecule has 0 saturated carbocycles. The molecule has 1 aliphatic heterocycles. The number of nitrogens with one attached hydrogen (secondary N) is 1. The number of piperazine rings is 1. The summed E-state index contributed by atoms with van der Waals surface area (Å²) in [6, 6.07) is 13.2. The Bertz CT molecular complexity index is 838. The highest BCUT2D eigenvalue weighted by atomic mass is 16.5.